The standard InChI is InChI=1S/C21H26N6O3/c1-25-9-8-16-20(25)23-17(24-21(16)30)4-3-5-18(28)27-10-6-14(7-11-27)19(29)15-12-22-26(2)13-15/h8-9,12-14H,3-7,10-11H2,1-2H3,(H,23,24,30)/p+1. The molecule has 30 heavy (non-hydrogen) atoms. The summed E-state index contributed by atoms with van der Waals surface area (Å²) in [6.45, 7) is 1.36. The molecule has 0 atom stereocenters. The zero-order chi connectivity index (χ0) is 21.3. The van der Waals surface area contributed by atoms with E-state index in [1.54, 1.807) is 30.2 Å². The summed E-state index contributed by atoms with van der Waals surface area (Å²) in [4.78, 5) is 45.5. The van der Waals surface area contributed by atoms with Crippen LogP contribution in [-0.4, -0.2) is 49.1 Å². The molecule has 0 aromatic carbocycles. The number of aromatic amines is 1. The Bertz CT molecular complexity index is 1130. The second kappa shape index (κ2) is 8.35. The molecule has 0 bridgehead atoms. The summed E-state index contributed by atoms with van der Waals surface area (Å²) < 4.78 is 3.45. The molecule has 158 valence electrons. The maximum absolute atomic E-state index is 12.6. The van der Waals surface area contributed by atoms with Crippen molar-refractivity contribution in [2.24, 2.45) is 20.0 Å². The van der Waals surface area contributed by atoms with Crippen molar-refractivity contribution >= 4 is 22.7 Å². The Morgan fingerprint density at radius 3 is 2.73 bits per heavy atom. The van der Waals surface area contributed by atoms with Gasteiger partial charge in [-0.15, -0.1) is 0 Å². The number of nitrogens with zero attached hydrogens (tertiary/aromatic N) is 4. The van der Waals surface area contributed by atoms with Crippen LogP contribution in [0.5, 0.6) is 0 Å². The number of likely N-dealkylation sites (tertiary alicyclic amines) is 1. The number of aryl methyl sites for hydroxylation is 3. The van der Waals surface area contributed by atoms with E-state index in [0.29, 0.717) is 67.6 Å². The van der Waals surface area contributed by atoms with E-state index in [1.807, 2.05) is 17.8 Å². The molecule has 9 heteroatoms. The van der Waals surface area contributed by atoms with Crippen LogP contribution in [0.4, 0.5) is 0 Å². The number of nitrogens with one attached hydrogen (secondary N) is 2. The van der Waals surface area contributed by atoms with Gasteiger partial charge in [-0.1, -0.05) is 0 Å². The molecular weight excluding hydrogens is 384 g/mol. The minimum absolute atomic E-state index is 0.0305. The molecule has 0 unspecified atom stereocenters. The summed E-state index contributed by atoms with van der Waals surface area (Å²) >= 11 is 0. The molecule has 3 aromatic heterocycles. The molecule has 3 aromatic rings. The highest BCUT2D eigenvalue weighted by molar-refractivity contribution is 5.97. The fraction of sp³-hybridized carbons (Fsp3) is 0.476. The van der Waals surface area contributed by atoms with E-state index in [1.165, 1.54) is 0 Å². The topological polar surface area (TPSA) is 107 Å². The molecule has 0 aliphatic carbocycles. The lowest BCUT2D eigenvalue weighted by Gasteiger charge is -2.26. The predicted octanol–water partition coefficient (Wildman–Crippen LogP) is 0.0222. The average Bonchev–Trinajstić information content (AvgIpc) is 3.34. The van der Waals surface area contributed by atoms with Crippen LogP contribution in [0.1, 0.15) is 41.9 Å². The summed E-state index contributed by atoms with van der Waals surface area (Å²) in [6.07, 6.45) is 8.23. The summed E-state index contributed by atoms with van der Waals surface area (Å²) in [7, 11) is 3.65. The van der Waals surface area contributed by atoms with Crippen molar-refractivity contribution in [3.63, 3.8) is 0 Å². The fourth-order valence-corrected chi connectivity index (χ4v) is 4.19. The van der Waals surface area contributed by atoms with Crippen LogP contribution in [0, 0.1) is 5.92 Å². The number of aromatic nitrogens is 5. The highest BCUT2D eigenvalue weighted by Crippen LogP contribution is 2.16. The number of rotatable bonds is 6. The van der Waals surface area contributed by atoms with E-state index in [2.05, 4.69) is 15.1 Å². The Labute approximate surface area is 173 Å². The second-order valence-corrected chi connectivity index (χ2v) is 8.10. The number of hydrogen-bond donors (Lipinski definition) is 2. The number of piperidine rings is 1. The molecule has 4 heterocycles. The van der Waals surface area contributed by atoms with Crippen LogP contribution in [0.25, 0.3) is 11.0 Å². The van der Waals surface area contributed by atoms with E-state index in [9.17, 15) is 14.4 Å². The zero-order valence-corrected chi connectivity index (χ0v) is 17.4. The van der Waals surface area contributed by atoms with Crippen molar-refractivity contribution in [3.8, 4) is 0 Å². The van der Waals surface area contributed by atoms with Gasteiger partial charge in [0.05, 0.1) is 36.7 Å². The van der Waals surface area contributed by atoms with Crippen molar-refractivity contribution in [2.75, 3.05) is 13.1 Å². The number of carbonyl (C=O) groups excluding carboxylic acids is 2. The normalized spacial score (nSPS) is 19.3. The Kier molecular flexibility index (Phi) is 5.63. The maximum Gasteiger partial charge on any atom is 0.312 e. The van der Waals surface area contributed by atoms with Crippen LogP contribution in [-0.2, 0) is 25.3 Å². The van der Waals surface area contributed by atoms with Crippen LogP contribution in [0.2, 0.25) is 0 Å². The van der Waals surface area contributed by atoms with Crippen LogP contribution >= 0.6 is 0 Å². The van der Waals surface area contributed by atoms with Crippen molar-refractivity contribution in [1.82, 2.24) is 24.3 Å². The molecule has 1 fully saturated rings. The monoisotopic (exact) mass is 411 g/mol. The lowest BCUT2D eigenvalue weighted by Crippen LogP contribution is -3.15. The van der Waals surface area contributed by atoms with E-state index in [4.69, 9.17) is 0 Å². The summed E-state index contributed by atoms with van der Waals surface area (Å²) in [5.41, 5.74) is 1.16. The smallest absolute Gasteiger partial charge is 0.312 e. The Morgan fingerprint density at radius 2 is 2.03 bits per heavy atom. The van der Waals surface area contributed by atoms with Crippen molar-refractivity contribution in [2.45, 2.75) is 32.1 Å². The maximum atomic E-state index is 12.6. The van der Waals surface area contributed by atoms with Gasteiger partial charge in [-0.2, -0.15) is 5.10 Å². The third-order valence-electron chi connectivity index (χ3n) is 5.94. The summed E-state index contributed by atoms with van der Waals surface area (Å²) in [5, 5.41) is 4.64. The van der Waals surface area contributed by atoms with Gasteiger partial charge in [0.15, 0.2) is 5.78 Å². The fourth-order valence-electron chi connectivity index (χ4n) is 4.19. The van der Waals surface area contributed by atoms with Crippen LogP contribution in [0.15, 0.2) is 29.5 Å². The summed E-state index contributed by atoms with van der Waals surface area (Å²) in [6, 6.07) is 1.75. The van der Waals surface area contributed by atoms with Gasteiger partial charge in [0.1, 0.15) is 11.5 Å². The zero-order valence-electron chi connectivity index (χ0n) is 17.4. The molecule has 0 saturated carbocycles. The number of fused-ring (bicyclic) bond motifs is 1. The lowest BCUT2D eigenvalue weighted by atomic mass is 9.90. The van der Waals surface area contributed by atoms with E-state index < -0.39 is 0 Å². The highest BCUT2D eigenvalue weighted by Gasteiger charge is 2.31. The minimum Gasteiger partial charge on any atom is -0.335 e. The quantitative estimate of drug-likeness (QED) is 0.556. The molecule has 0 spiro atoms. The number of amides is 1. The van der Waals surface area contributed by atoms with Crippen LogP contribution < -0.4 is 10.5 Å². The molecule has 1 amide bonds. The first-order chi connectivity index (χ1) is 14.4. The molecule has 4 rings (SSSR count). The molecule has 1 aliphatic heterocycles. The van der Waals surface area contributed by atoms with Gasteiger partial charge in [-0.3, -0.25) is 19.2 Å². The molecule has 0 radical (unpaired) electrons. The lowest BCUT2D eigenvalue weighted by molar-refractivity contribution is -0.827. The van der Waals surface area contributed by atoms with E-state index >= 15 is 0 Å². The van der Waals surface area contributed by atoms with Gasteiger partial charge in [0.2, 0.25) is 0 Å². The third-order valence-corrected chi connectivity index (χ3v) is 5.94. The Balaban J connectivity index is 1.27. The number of hydrogen-bond acceptors (Lipinski definition) is 5. The van der Waals surface area contributed by atoms with Gasteiger partial charge in [0.25, 0.3) is 5.56 Å². The SMILES string of the molecule is Cn1cc(C(=O)C2CC[NH+](C(=O)CCCc3nc4c(ccn4C)c(=O)[nH]3)CC2)cn1. The van der Waals surface area contributed by atoms with E-state index in [-0.39, 0.29) is 23.2 Å². The van der Waals surface area contributed by atoms with Gasteiger partial charge in [0, 0.05) is 51.7 Å². The number of H-pyrrole nitrogens is 1. The molecular formula is C21H27N6O3+. The third kappa shape index (κ3) is 4.11. The molecule has 2 N–H and O–H groups in total. The van der Waals surface area contributed by atoms with Crippen molar-refractivity contribution < 1.29 is 14.5 Å². The molecule has 1 saturated heterocycles. The average molecular weight is 411 g/mol. The Hall–Kier alpha value is -3.07. The van der Waals surface area contributed by atoms with Crippen LogP contribution in [0.3, 0.4) is 0 Å². The first kappa shape index (κ1) is 20.2. The van der Waals surface area contributed by atoms with Gasteiger partial charge in [-0.25, -0.2) is 9.78 Å². The Morgan fingerprint density at radius 1 is 1.27 bits per heavy atom. The predicted molar refractivity (Wildman–Crippen MR) is 110 cm³/mol. The number of ketones is 1. The van der Waals surface area contributed by atoms with Gasteiger partial charge < -0.3 is 9.55 Å². The van der Waals surface area contributed by atoms with Crippen molar-refractivity contribution in [3.05, 3.63) is 46.4 Å². The van der Waals surface area contributed by atoms with Crippen molar-refractivity contribution in [1.29, 1.82) is 0 Å². The number of quaternary nitrogens is 1. The minimum atomic E-state index is -0.145. The second-order valence-electron chi connectivity index (χ2n) is 8.10. The number of carbonyl (C=O) groups is 2. The molecule has 1 aliphatic rings. The largest absolute Gasteiger partial charge is 0.335 e. The first-order valence-corrected chi connectivity index (χ1v) is 10.4. The van der Waals surface area contributed by atoms with Gasteiger partial charge in [-0.05, 0) is 12.5 Å². The van der Waals surface area contributed by atoms with E-state index in [0.717, 1.165) is 4.90 Å². The summed E-state index contributed by atoms with van der Waals surface area (Å²) in [5.74, 6) is 0.875. The molecule has 9 nitrogen and oxygen atoms in total. The van der Waals surface area contributed by atoms with Gasteiger partial charge >= 0.3 is 5.91 Å². The highest BCUT2D eigenvalue weighted by atomic mass is 16.2. The number of Topliss-reactive ketones (excluding diaryl/α,β-unsaturated/α-hetero) is 1. The first-order valence-electron chi connectivity index (χ1n) is 10.4.